The normalized spacial score (nSPS) is 27.4. The lowest BCUT2D eigenvalue weighted by Gasteiger charge is -2.39. The summed E-state index contributed by atoms with van der Waals surface area (Å²) in [5, 5.41) is 22.8. The summed E-state index contributed by atoms with van der Waals surface area (Å²) >= 11 is 0. The van der Waals surface area contributed by atoms with Crippen LogP contribution >= 0.6 is 0 Å². The molecule has 6 amide bonds. The predicted octanol–water partition coefficient (Wildman–Crippen LogP) is 3.23. The summed E-state index contributed by atoms with van der Waals surface area (Å²) < 4.78 is 5.47. The summed E-state index contributed by atoms with van der Waals surface area (Å²) in [6.07, 6.45) is 9.51. The molecular weight excluding hydrogens is 664 g/mol. The van der Waals surface area contributed by atoms with Gasteiger partial charge in [0.25, 0.3) is 5.91 Å². The number of hydrogen-bond acceptors (Lipinski definition) is 7. The number of nitrogens with one attached hydrogen (secondary N) is 4. The molecule has 0 aromatic heterocycles. The summed E-state index contributed by atoms with van der Waals surface area (Å²) in [7, 11) is 0. The first-order valence-corrected chi connectivity index (χ1v) is 20.1. The van der Waals surface area contributed by atoms with E-state index < -0.39 is 53.5 Å². The van der Waals surface area contributed by atoms with Gasteiger partial charge in [-0.05, 0) is 73.5 Å². The van der Waals surface area contributed by atoms with Gasteiger partial charge in [-0.15, -0.1) is 0 Å². The van der Waals surface area contributed by atoms with Crippen molar-refractivity contribution in [2.75, 3.05) is 32.8 Å². The molecule has 2 aliphatic heterocycles. The molecule has 3 aliphatic carbocycles. The minimum absolute atomic E-state index is 0.00696. The first kappa shape index (κ1) is 40.3. The Labute approximate surface area is 310 Å². The third-order valence-electron chi connectivity index (χ3n) is 12.8. The predicted molar refractivity (Wildman–Crippen MR) is 197 cm³/mol. The molecule has 5 N–H and O–H groups in total. The van der Waals surface area contributed by atoms with E-state index in [2.05, 4.69) is 35.1 Å². The number of carbonyl (C=O) groups is 5. The summed E-state index contributed by atoms with van der Waals surface area (Å²) in [6, 6.07) is -3.84. The number of aliphatic hydroxyl groups is 1. The lowest BCUT2D eigenvalue weighted by molar-refractivity contribution is -0.143. The Balaban J connectivity index is 1.37. The van der Waals surface area contributed by atoms with Gasteiger partial charge in [0.15, 0.2) is 6.10 Å². The van der Waals surface area contributed by atoms with Crippen LogP contribution in [0.3, 0.4) is 0 Å². The first-order valence-electron chi connectivity index (χ1n) is 20.1. The lowest BCUT2D eigenvalue weighted by atomic mass is 9.66. The van der Waals surface area contributed by atoms with Crippen molar-refractivity contribution in [2.45, 2.75) is 161 Å². The quantitative estimate of drug-likeness (QED) is 0.205. The van der Waals surface area contributed by atoms with Crippen LogP contribution < -0.4 is 21.3 Å². The number of urea groups is 1. The number of ether oxygens (including phenoxy) is 1. The fraction of sp³-hybridized carbons (Fsp3) is 0.872. The highest BCUT2D eigenvalue weighted by Gasteiger charge is 2.59. The molecule has 5 aliphatic rings. The number of likely N-dealkylation sites (tertiary alicyclic amines) is 1. The first-order chi connectivity index (χ1) is 24.6. The van der Waals surface area contributed by atoms with Crippen molar-refractivity contribution in [3.63, 3.8) is 0 Å². The van der Waals surface area contributed by atoms with Crippen LogP contribution in [0, 0.1) is 22.2 Å². The van der Waals surface area contributed by atoms with E-state index in [1.807, 2.05) is 27.7 Å². The number of nitrogens with zero attached hydrogens (tertiary/aromatic N) is 2. The zero-order valence-electron chi connectivity index (χ0n) is 32.6. The highest BCUT2D eigenvalue weighted by atomic mass is 16.5. The Morgan fingerprint density at radius 3 is 2.13 bits per heavy atom. The molecule has 0 aromatic carbocycles. The van der Waals surface area contributed by atoms with E-state index in [0.29, 0.717) is 52.1 Å². The maximum absolute atomic E-state index is 14.8. The van der Waals surface area contributed by atoms with Gasteiger partial charge in [0, 0.05) is 25.7 Å². The summed E-state index contributed by atoms with van der Waals surface area (Å²) in [5.74, 6) is -1.34. The SMILES string of the molecule is CCCC(NC(=O)[C@@H]1C[C@@]2(CCCC2(C)C)CN1C(=O)[C@@H](NC(=O)N[C@H](C(=O)N1CCOCC1)C1CCCCC1)C(C)(C)C)C(O)C(=O)NC1CC1. The molecule has 5 fully saturated rings. The molecular formula is C39H66N6O7. The highest BCUT2D eigenvalue weighted by molar-refractivity contribution is 5.94. The van der Waals surface area contributed by atoms with E-state index in [4.69, 9.17) is 4.74 Å². The number of morpholine rings is 1. The number of rotatable bonds is 12. The molecule has 5 rings (SSSR count). The molecule has 0 bridgehead atoms. The summed E-state index contributed by atoms with van der Waals surface area (Å²) in [6.45, 7) is 14.3. The molecule has 52 heavy (non-hydrogen) atoms. The van der Waals surface area contributed by atoms with Crippen LogP contribution in [0.25, 0.3) is 0 Å². The third kappa shape index (κ3) is 9.22. The zero-order valence-corrected chi connectivity index (χ0v) is 32.6. The number of amides is 6. The molecule has 1 spiro atoms. The second-order valence-corrected chi connectivity index (χ2v) is 18.1. The molecule has 294 valence electrons. The molecule has 0 aromatic rings. The minimum Gasteiger partial charge on any atom is -0.381 e. The van der Waals surface area contributed by atoms with Crippen molar-refractivity contribution in [2.24, 2.45) is 22.2 Å². The molecule has 0 radical (unpaired) electrons. The maximum atomic E-state index is 14.8. The monoisotopic (exact) mass is 730 g/mol. The lowest BCUT2D eigenvalue weighted by Crippen LogP contribution is -2.62. The fourth-order valence-corrected chi connectivity index (χ4v) is 9.14. The second-order valence-electron chi connectivity index (χ2n) is 18.1. The van der Waals surface area contributed by atoms with Gasteiger partial charge in [0.05, 0.1) is 19.3 Å². The Morgan fingerprint density at radius 2 is 1.56 bits per heavy atom. The topological polar surface area (TPSA) is 169 Å². The van der Waals surface area contributed by atoms with Crippen molar-refractivity contribution < 1.29 is 33.8 Å². The van der Waals surface area contributed by atoms with Gasteiger partial charge in [-0.25, -0.2) is 4.79 Å². The smallest absolute Gasteiger partial charge is 0.316 e. The molecule has 6 atom stereocenters. The Kier molecular flexibility index (Phi) is 12.9. The standard InChI is InChI=1S/C39H66N6O7/c1-7-12-27(30(46)33(48)40-26-15-16-26)41-32(47)28-23-39(18-11-17-38(39,5)6)24-45(28)35(50)31(37(2,3)4)43-36(51)42-29(25-13-9-8-10-14-25)34(49)44-19-21-52-22-20-44/h25-31,46H,7-24H2,1-6H3,(H,40,48)(H,41,47)(H2,42,43,51)/t27?,28-,29-,30?,31+,39-/m0/s1. The molecule has 2 heterocycles. The highest BCUT2D eigenvalue weighted by Crippen LogP contribution is 2.59. The van der Waals surface area contributed by atoms with E-state index in [0.717, 1.165) is 64.2 Å². The van der Waals surface area contributed by atoms with Crippen molar-refractivity contribution >= 4 is 29.7 Å². The van der Waals surface area contributed by atoms with E-state index in [1.165, 1.54) is 0 Å². The zero-order chi connectivity index (χ0) is 37.8. The average Bonchev–Trinajstić information content (AvgIpc) is 3.76. The van der Waals surface area contributed by atoms with Crippen LogP contribution in [0.1, 0.15) is 125 Å². The van der Waals surface area contributed by atoms with Crippen LogP contribution in [0.5, 0.6) is 0 Å². The van der Waals surface area contributed by atoms with Gasteiger partial charge in [-0.3, -0.25) is 19.2 Å². The molecule has 13 heteroatoms. The van der Waals surface area contributed by atoms with E-state index in [1.54, 1.807) is 9.80 Å². The molecule has 3 saturated carbocycles. The van der Waals surface area contributed by atoms with Crippen molar-refractivity contribution in [1.82, 2.24) is 31.1 Å². The number of hydrogen-bond donors (Lipinski definition) is 5. The second kappa shape index (κ2) is 16.6. The number of aliphatic hydroxyl groups excluding tert-OH is 1. The maximum Gasteiger partial charge on any atom is 0.316 e. The minimum atomic E-state index is -1.41. The van der Waals surface area contributed by atoms with Gasteiger partial charge in [-0.2, -0.15) is 0 Å². The molecule has 13 nitrogen and oxygen atoms in total. The van der Waals surface area contributed by atoms with Gasteiger partial charge >= 0.3 is 6.03 Å². The van der Waals surface area contributed by atoms with Crippen molar-refractivity contribution in [1.29, 1.82) is 0 Å². The Morgan fingerprint density at radius 1 is 0.885 bits per heavy atom. The summed E-state index contributed by atoms with van der Waals surface area (Å²) in [4.78, 5) is 73.2. The van der Waals surface area contributed by atoms with E-state index in [-0.39, 0.29) is 34.6 Å². The third-order valence-corrected chi connectivity index (χ3v) is 12.8. The van der Waals surface area contributed by atoms with Crippen LogP contribution in [0.15, 0.2) is 0 Å². The van der Waals surface area contributed by atoms with Crippen molar-refractivity contribution in [3.05, 3.63) is 0 Å². The average molecular weight is 731 g/mol. The fourth-order valence-electron chi connectivity index (χ4n) is 9.14. The number of carbonyl (C=O) groups excluding carboxylic acids is 5. The van der Waals surface area contributed by atoms with Gasteiger partial charge in [0.1, 0.15) is 18.1 Å². The van der Waals surface area contributed by atoms with Gasteiger partial charge in [0.2, 0.25) is 17.7 Å². The van der Waals surface area contributed by atoms with Crippen LogP contribution in [-0.4, -0.2) is 114 Å². The Bertz CT molecular complexity index is 1300. The van der Waals surface area contributed by atoms with Gasteiger partial charge in [-0.1, -0.05) is 73.6 Å². The van der Waals surface area contributed by atoms with E-state index in [9.17, 15) is 29.1 Å². The summed E-state index contributed by atoms with van der Waals surface area (Å²) in [5.41, 5.74) is -1.15. The van der Waals surface area contributed by atoms with Crippen LogP contribution in [-0.2, 0) is 23.9 Å². The largest absolute Gasteiger partial charge is 0.381 e. The van der Waals surface area contributed by atoms with Crippen LogP contribution in [0.2, 0.25) is 0 Å². The van der Waals surface area contributed by atoms with Crippen molar-refractivity contribution in [3.8, 4) is 0 Å². The van der Waals surface area contributed by atoms with E-state index >= 15 is 0 Å². The van der Waals surface area contributed by atoms with Crippen LogP contribution in [0.4, 0.5) is 4.79 Å². The van der Waals surface area contributed by atoms with Gasteiger partial charge < -0.3 is 40.9 Å². The molecule has 2 saturated heterocycles. The molecule has 2 unspecified atom stereocenters. The Hall–Kier alpha value is -2.93.